The molecule has 1 rings (SSSR count). The molecule has 0 radical (unpaired) electrons. The number of hydrogen-bond donors (Lipinski definition) is 2. The van der Waals surface area contributed by atoms with Gasteiger partial charge in [0.05, 0.1) is 5.92 Å². The van der Waals surface area contributed by atoms with Crippen LogP contribution in [0.1, 0.15) is 33.1 Å². The van der Waals surface area contributed by atoms with Crippen molar-refractivity contribution in [2.75, 3.05) is 33.2 Å². The maximum atomic E-state index is 11.8. The molecular formula is C13H27N3O. The molecule has 100 valence electrons. The Labute approximate surface area is 105 Å². The molecule has 1 aliphatic heterocycles. The number of piperidine rings is 1. The van der Waals surface area contributed by atoms with Crippen LogP contribution in [-0.4, -0.2) is 50.1 Å². The highest BCUT2D eigenvalue weighted by Crippen LogP contribution is 2.09. The monoisotopic (exact) mass is 241 g/mol. The number of carbonyl (C=O) groups is 1. The van der Waals surface area contributed by atoms with Crippen LogP contribution in [0.2, 0.25) is 0 Å². The van der Waals surface area contributed by atoms with Crippen molar-refractivity contribution in [1.29, 1.82) is 0 Å². The van der Waals surface area contributed by atoms with Crippen molar-refractivity contribution < 1.29 is 4.79 Å². The lowest BCUT2D eigenvalue weighted by Gasteiger charge is -2.23. The van der Waals surface area contributed by atoms with Gasteiger partial charge in [-0.1, -0.05) is 0 Å². The van der Waals surface area contributed by atoms with Crippen molar-refractivity contribution in [3.8, 4) is 0 Å². The van der Waals surface area contributed by atoms with E-state index < -0.39 is 0 Å². The molecule has 4 heteroatoms. The average Bonchev–Trinajstić information content (AvgIpc) is 2.35. The molecule has 0 aromatic heterocycles. The van der Waals surface area contributed by atoms with Gasteiger partial charge in [-0.05, 0) is 53.2 Å². The number of carbonyl (C=O) groups excluding carboxylic acids is 1. The molecule has 0 spiro atoms. The maximum Gasteiger partial charge on any atom is 0.224 e. The average molecular weight is 241 g/mol. The first-order valence-corrected chi connectivity index (χ1v) is 6.80. The lowest BCUT2D eigenvalue weighted by atomic mass is 9.99. The molecule has 0 aromatic carbocycles. The van der Waals surface area contributed by atoms with Gasteiger partial charge in [-0.25, -0.2) is 0 Å². The molecule has 17 heavy (non-hydrogen) atoms. The van der Waals surface area contributed by atoms with Gasteiger partial charge in [-0.2, -0.15) is 0 Å². The van der Waals surface area contributed by atoms with Gasteiger partial charge in [0.25, 0.3) is 0 Å². The van der Waals surface area contributed by atoms with Gasteiger partial charge in [-0.3, -0.25) is 4.79 Å². The van der Waals surface area contributed by atoms with Crippen LogP contribution in [0.5, 0.6) is 0 Å². The minimum Gasteiger partial charge on any atom is -0.356 e. The van der Waals surface area contributed by atoms with Gasteiger partial charge in [0.1, 0.15) is 0 Å². The van der Waals surface area contributed by atoms with Crippen molar-refractivity contribution in [3.63, 3.8) is 0 Å². The largest absolute Gasteiger partial charge is 0.356 e. The van der Waals surface area contributed by atoms with Crippen LogP contribution in [0.25, 0.3) is 0 Å². The second-order valence-corrected chi connectivity index (χ2v) is 5.26. The highest BCUT2D eigenvalue weighted by atomic mass is 16.1. The molecule has 1 heterocycles. The summed E-state index contributed by atoms with van der Waals surface area (Å²) in [6.45, 7) is 8.12. The summed E-state index contributed by atoms with van der Waals surface area (Å²) in [5, 5.41) is 6.31. The summed E-state index contributed by atoms with van der Waals surface area (Å²) < 4.78 is 0. The molecule has 4 nitrogen and oxygen atoms in total. The van der Waals surface area contributed by atoms with Crippen molar-refractivity contribution in [3.05, 3.63) is 0 Å². The summed E-state index contributed by atoms with van der Waals surface area (Å²) in [5.74, 6) is 0.413. The fraction of sp³-hybridized carbons (Fsp3) is 0.923. The Morgan fingerprint density at radius 3 is 2.88 bits per heavy atom. The van der Waals surface area contributed by atoms with E-state index in [4.69, 9.17) is 0 Å². The van der Waals surface area contributed by atoms with Gasteiger partial charge >= 0.3 is 0 Å². The zero-order chi connectivity index (χ0) is 12.7. The zero-order valence-electron chi connectivity index (χ0n) is 11.5. The summed E-state index contributed by atoms with van der Waals surface area (Å²) in [5.41, 5.74) is 0. The second kappa shape index (κ2) is 7.67. The Balaban J connectivity index is 2.07. The minimum atomic E-state index is 0.187. The molecule has 1 saturated heterocycles. The summed E-state index contributed by atoms with van der Waals surface area (Å²) >= 11 is 0. The Morgan fingerprint density at radius 2 is 2.29 bits per heavy atom. The summed E-state index contributed by atoms with van der Waals surface area (Å²) in [7, 11) is 2.12. The molecule has 1 atom stereocenters. The summed E-state index contributed by atoms with van der Waals surface area (Å²) in [4.78, 5) is 14.1. The van der Waals surface area contributed by atoms with Crippen LogP contribution in [-0.2, 0) is 4.79 Å². The smallest absolute Gasteiger partial charge is 0.224 e. The Hall–Kier alpha value is -0.610. The van der Waals surface area contributed by atoms with E-state index >= 15 is 0 Å². The first-order valence-electron chi connectivity index (χ1n) is 6.80. The van der Waals surface area contributed by atoms with Gasteiger partial charge in [0, 0.05) is 19.1 Å². The highest BCUT2D eigenvalue weighted by molar-refractivity contribution is 5.78. The zero-order valence-corrected chi connectivity index (χ0v) is 11.5. The molecule has 0 unspecified atom stereocenters. The molecule has 0 bridgehead atoms. The molecule has 0 aliphatic carbocycles. The first-order chi connectivity index (χ1) is 8.11. The van der Waals surface area contributed by atoms with Gasteiger partial charge in [-0.15, -0.1) is 0 Å². The topological polar surface area (TPSA) is 44.4 Å². The van der Waals surface area contributed by atoms with Crippen LogP contribution in [0.3, 0.4) is 0 Å². The van der Waals surface area contributed by atoms with Gasteiger partial charge in [0.2, 0.25) is 5.91 Å². The van der Waals surface area contributed by atoms with E-state index in [-0.39, 0.29) is 11.8 Å². The van der Waals surface area contributed by atoms with Crippen LogP contribution in [0, 0.1) is 5.92 Å². The molecule has 1 amide bonds. The van der Waals surface area contributed by atoms with E-state index in [1.807, 2.05) is 0 Å². The van der Waals surface area contributed by atoms with E-state index in [2.05, 4.69) is 36.4 Å². The number of rotatable bonds is 6. The minimum absolute atomic E-state index is 0.187. The molecular weight excluding hydrogens is 214 g/mol. The van der Waals surface area contributed by atoms with Crippen LogP contribution < -0.4 is 10.6 Å². The number of nitrogens with one attached hydrogen (secondary N) is 2. The van der Waals surface area contributed by atoms with Crippen LogP contribution >= 0.6 is 0 Å². The highest BCUT2D eigenvalue weighted by Gasteiger charge is 2.20. The Morgan fingerprint density at radius 1 is 1.53 bits per heavy atom. The summed E-state index contributed by atoms with van der Waals surface area (Å²) in [6.07, 6.45) is 3.18. The lowest BCUT2D eigenvalue weighted by molar-refractivity contribution is -0.125. The SMILES string of the molecule is CC(C)N(C)CCCNC(=O)[C@@H]1CCCNC1. The molecule has 2 N–H and O–H groups in total. The van der Waals surface area contributed by atoms with Crippen molar-refractivity contribution in [2.24, 2.45) is 5.92 Å². The molecule has 1 aliphatic rings. The standard InChI is InChI=1S/C13H27N3O/c1-11(2)16(3)9-5-8-15-13(17)12-6-4-7-14-10-12/h11-12,14H,4-10H2,1-3H3,(H,15,17)/t12-/m1/s1. The van der Waals surface area contributed by atoms with Crippen LogP contribution in [0.4, 0.5) is 0 Å². The predicted octanol–water partition coefficient (Wildman–Crippen LogP) is 0.833. The maximum absolute atomic E-state index is 11.8. The third-order valence-corrected chi connectivity index (χ3v) is 3.54. The van der Waals surface area contributed by atoms with E-state index in [0.717, 1.165) is 45.4 Å². The first kappa shape index (κ1) is 14.5. The van der Waals surface area contributed by atoms with E-state index in [1.165, 1.54) is 0 Å². The van der Waals surface area contributed by atoms with E-state index in [9.17, 15) is 4.79 Å². The lowest BCUT2D eigenvalue weighted by Crippen LogP contribution is -2.41. The van der Waals surface area contributed by atoms with Crippen molar-refractivity contribution in [2.45, 2.75) is 39.2 Å². The second-order valence-electron chi connectivity index (χ2n) is 5.26. The number of hydrogen-bond acceptors (Lipinski definition) is 3. The Kier molecular flexibility index (Phi) is 6.52. The van der Waals surface area contributed by atoms with E-state index in [0.29, 0.717) is 6.04 Å². The molecule has 0 aromatic rings. The van der Waals surface area contributed by atoms with Crippen molar-refractivity contribution in [1.82, 2.24) is 15.5 Å². The fourth-order valence-electron chi connectivity index (χ4n) is 2.02. The fourth-order valence-corrected chi connectivity index (χ4v) is 2.02. The normalized spacial score (nSPS) is 20.9. The van der Waals surface area contributed by atoms with Crippen LogP contribution in [0.15, 0.2) is 0 Å². The number of amides is 1. The van der Waals surface area contributed by atoms with E-state index in [1.54, 1.807) is 0 Å². The third kappa shape index (κ3) is 5.50. The number of nitrogens with zero attached hydrogens (tertiary/aromatic N) is 1. The quantitative estimate of drug-likeness (QED) is 0.677. The third-order valence-electron chi connectivity index (χ3n) is 3.54. The Bertz CT molecular complexity index is 225. The van der Waals surface area contributed by atoms with Crippen molar-refractivity contribution >= 4 is 5.91 Å². The van der Waals surface area contributed by atoms with Gasteiger partial charge < -0.3 is 15.5 Å². The molecule has 0 saturated carbocycles. The predicted molar refractivity (Wildman–Crippen MR) is 71.0 cm³/mol. The summed E-state index contributed by atoms with van der Waals surface area (Å²) in [6, 6.07) is 0.577. The van der Waals surface area contributed by atoms with Gasteiger partial charge in [0.15, 0.2) is 0 Å². The molecule has 1 fully saturated rings.